The van der Waals surface area contributed by atoms with E-state index in [1.54, 1.807) is 14.0 Å². The van der Waals surface area contributed by atoms with Crippen LogP contribution in [0, 0.1) is 0 Å². The summed E-state index contributed by atoms with van der Waals surface area (Å²) in [4.78, 5) is 16.1. The molecule has 0 aliphatic heterocycles. The molecule has 0 aliphatic rings. The van der Waals surface area contributed by atoms with Crippen molar-refractivity contribution in [3.05, 3.63) is 59.0 Å². The van der Waals surface area contributed by atoms with Gasteiger partial charge in [-0.05, 0) is 54.3 Å². The van der Waals surface area contributed by atoms with Crippen LogP contribution < -0.4 is 10.1 Å². The highest BCUT2D eigenvalue weighted by atomic mass is 32.1. The van der Waals surface area contributed by atoms with Gasteiger partial charge in [0.1, 0.15) is 5.75 Å². The Morgan fingerprint density at radius 2 is 1.81 bits per heavy atom. The number of thiazole rings is 1. The van der Waals surface area contributed by atoms with Crippen molar-refractivity contribution in [1.29, 1.82) is 0 Å². The maximum atomic E-state index is 11.4. The van der Waals surface area contributed by atoms with Gasteiger partial charge in [0.25, 0.3) is 0 Å². The average molecular weight is 381 g/mol. The molecule has 5 heteroatoms. The largest absolute Gasteiger partial charge is 0.496 e. The Hall–Kier alpha value is -2.66. The zero-order valence-electron chi connectivity index (χ0n) is 16.3. The van der Waals surface area contributed by atoms with E-state index in [0.29, 0.717) is 5.56 Å². The first kappa shape index (κ1) is 19.1. The van der Waals surface area contributed by atoms with Gasteiger partial charge in [0.15, 0.2) is 10.9 Å². The molecule has 3 rings (SSSR count). The van der Waals surface area contributed by atoms with Crippen molar-refractivity contribution in [2.24, 2.45) is 0 Å². The molecule has 27 heavy (non-hydrogen) atoms. The van der Waals surface area contributed by atoms with Gasteiger partial charge in [0.05, 0.1) is 12.8 Å². The number of carbonyl (C=O) groups is 1. The van der Waals surface area contributed by atoms with Crippen LogP contribution in [-0.4, -0.2) is 17.9 Å². The van der Waals surface area contributed by atoms with Crippen LogP contribution in [0.3, 0.4) is 0 Å². The highest BCUT2D eigenvalue weighted by Crippen LogP contribution is 2.36. The third-order valence-corrected chi connectivity index (χ3v) is 5.15. The van der Waals surface area contributed by atoms with Gasteiger partial charge < -0.3 is 10.1 Å². The highest BCUT2D eigenvalue weighted by Gasteiger charge is 2.18. The molecule has 1 N–H and O–H groups in total. The number of hydrogen-bond acceptors (Lipinski definition) is 5. The normalized spacial score (nSPS) is 11.3. The van der Waals surface area contributed by atoms with Gasteiger partial charge in [0, 0.05) is 22.2 Å². The number of ketones is 1. The van der Waals surface area contributed by atoms with Crippen molar-refractivity contribution in [3.8, 4) is 17.0 Å². The molecule has 0 atom stereocenters. The van der Waals surface area contributed by atoms with Gasteiger partial charge in [0.2, 0.25) is 0 Å². The number of nitrogens with one attached hydrogen (secondary N) is 1. The number of hydrogen-bond donors (Lipinski definition) is 1. The van der Waals surface area contributed by atoms with Crippen molar-refractivity contribution >= 4 is 27.9 Å². The molecule has 0 saturated heterocycles. The van der Waals surface area contributed by atoms with Crippen LogP contribution in [-0.2, 0) is 5.41 Å². The lowest BCUT2D eigenvalue weighted by Crippen LogP contribution is -2.11. The van der Waals surface area contributed by atoms with Crippen LogP contribution in [0.2, 0.25) is 0 Å². The lowest BCUT2D eigenvalue weighted by Gasteiger charge is -2.20. The van der Waals surface area contributed by atoms with Gasteiger partial charge in [-0.1, -0.05) is 26.8 Å². The summed E-state index contributed by atoms with van der Waals surface area (Å²) in [7, 11) is 1.68. The summed E-state index contributed by atoms with van der Waals surface area (Å²) in [6.07, 6.45) is 0. The minimum Gasteiger partial charge on any atom is -0.496 e. The summed E-state index contributed by atoms with van der Waals surface area (Å²) in [5.41, 5.74) is 4.75. The molecule has 0 aliphatic carbocycles. The third kappa shape index (κ3) is 4.37. The average Bonchev–Trinajstić information content (AvgIpc) is 3.09. The first-order valence-electron chi connectivity index (χ1n) is 8.80. The molecular formula is C22H24N2O2S. The number of benzene rings is 2. The predicted octanol–water partition coefficient (Wildman–Crippen LogP) is 6.06. The van der Waals surface area contributed by atoms with Gasteiger partial charge >= 0.3 is 0 Å². The Labute approximate surface area is 164 Å². The standard InChI is InChI=1S/C22H24N2O2S/c1-14(25)15-6-9-17(10-7-15)23-21-24-19(13-27-21)18-12-16(22(2,3)4)8-11-20(18)26-5/h6-13H,1-5H3,(H,23,24). The minimum atomic E-state index is 0.0522. The van der Waals surface area contributed by atoms with E-state index in [0.717, 1.165) is 27.8 Å². The Balaban J connectivity index is 1.88. The number of carbonyl (C=O) groups excluding carboxylic acids is 1. The molecule has 4 nitrogen and oxygen atoms in total. The number of anilines is 2. The SMILES string of the molecule is COc1ccc(C(C)(C)C)cc1-c1csc(Nc2ccc(C(C)=O)cc2)n1. The van der Waals surface area contributed by atoms with E-state index in [4.69, 9.17) is 9.72 Å². The molecule has 1 heterocycles. The van der Waals surface area contributed by atoms with Crippen molar-refractivity contribution in [2.45, 2.75) is 33.1 Å². The number of nitrogens with zero attached hydrogens (tertiary/aromatic N) is 1. The smallest absolute Gasteiger partial charge is 0.187 e. The second kappa shape index (κ2) is 7.53. The number of aromatic nitrogens is 1. The second-order valence-electron chi connectivity index (χ2n) is 7.46. The Morgan fingerprint density at radius 3 is 2.41 bits per heavy atom. The molecule has 0 unspecified atom stereocenters. The van der Waals surface area contributed by atoms with Crippen molar-refractivity contribution in [1.82, 2.24) is 4.98 Å². The third-order valence-electron chi connectivity index (χ3n) is 4.39. The van der Waals surface area contributed by atoms with E-state index in [-0.39, 0.29) is 11.2 Å². The molecule has 0 amide bonds. The summed E-state index contributed by atoms with van der Waals surface area (Å²) in [6, 6.07) is 13.7. The summed E-state index contributed by atoms with van der Waals surface area (Å²) in [6.45, 7) is 8.14. The van der Waals surface area contributed by atoms with Crippen molar-refractivity contribution in [2.75, 3.05) is 12.4 Å². The van der Waals surface area contributed by atoms with E-state index >= 15 is 0 Å². The van der Waals surface area contributed by atoms with E-state index in [1.807, 2.05) is 35.7 Å². The van der Waals surface area contributed by atoms with Crippen LogP contribution in [0.15, 0.2) is 47.8 Å². The second-order valence-corrected chi connectivity index (χ2v) is 8.32. The number of methoxy groups -OCH3 is 1. The lowest BCUT2D eigenvalue weighted by atomic mass is 9.86. The van der Waals surface area contributed by atoms with Gasteiger partial charge in [-0.25, -0.2) is 4.98 Å². The Kier molecular flexibility index (Phi) is 5.33. The van der Waals surface area contributed by atoms with Gasteiger partial charge in [-0.15, -0.1) is 11.3 Å². The monoisotopic (exact) mass is 380 g/mol. The zero-order chi connectivity index (χ0) is 19.6. The highest BCUT2D eigenvalue weighted by molar-refractivity contribution is 7.14. The quantitative estimate of drug-likeness (QED) is 0.546. The molecule has 0 fully saturated rings. The van der Waals surface area contributed by atoms with Crippen LogP contribution in [0.5, 0.6) is 5.75 Å². The zero-order valence-corrected chi connectivity index (χ0v) is 17.1. The van der Waals surface area contributed by atoms with Gasteiger partial charge in [-0.2, -0.15) is 0 Å². The molecule has 0 saturated carbocycles. The number of ether oxygens (including phenoxy) is 1. The maximum absolute atomic E-state index is 11.4. The van der Waals surface area contributed by atoms with Gasteiger partial charge in [-0.3, -0.25) is 4.79 Å². The predicted molar refractivity (Wildman–Crippen MR) is 113 cm³/mol. The Morgan fingerprint density at radius 1 is 1.11 bits per heavy atom. The van der Waals surface area contributed by atoms with E-state index in [1.165, 1.54) is 16.9 Å². The maximum Gasteiger partial charge on any atom is 0.187 e. The summed E-state index contributed by atoms with van der Waals surface area (Å²) in [5, 5.41) is 6.12. The molecule has 0 radical (unpaired) electrons. The minimum absolute atomic E-state index is 0.0522. The first-order valence-corrected chi connectivity index (χ1v) is 9.68. The Bertz CT molecular complexity index is 953. The fourth-order valence-corrected chi connectivity index (χ4v) is 3.47. The van der Waals surface area contributed by atoms with Crippen LogP contribution in [0.25, 0.3) is 11.3 Å². The fraction of sp³-hybridized carbons (Fsp3) is 0.273. The van der Waals surface area contributed by atoms with Crippen molar-refractivity contribution < 1.29 is 9.53 Å². The van der Waals surface area contributed by atoms with E-state index in [2.05, 4.69) is 38.2 Å². The molecule has 2 aromatic carbocycles. The number of Topliss-reactive ketones (excluding diaryl/α,β-unsaturated/α-hetero) is 1. The number of rotatable bonds is 5. The van der Waals surface area contributed by atoms with Crippen LogP contribution >= 0.6 is 11.3 Å². The van der Waals surface area contributed by atoms with E-state index < -0.39 is 0 Å². The summed E-state index contributed by atoms with van der Waals surface area (Å²) >= 11 is 1.54. The summed E-state index contributed by atoms with van der Waals surface area (Å²) < 4.78 is 5.54. The molecule has 1 aromatic heterocycles. The van der Waals surface area contributed by atoms with Crippen molar-refractivity contribution in [3.63, 3.8) is 0 Å². The van der Waals surface area contributed by atoms with Crippen LogP contribution in [0.4, 0.5) is 10.8 Å². The molecule has 0 spiro atoms. The van der Waals surface area contributed by atoms with E-state index in [9.17, 15) is 4.79 Å². The molecule has 3 aromatic rings. The molecular weight excluding hydrogens is 356 g/mol. The summed E-state index contributed by atoms with van der Waals surface area (Å²) in [5.74, 6) is 0.870. The van der Waals surface area contributed by atoms with Crippen LogP contribution in [0.1, 0.15) is 43.6 Å². The lowest BCUT2D eigenvalue weighted by molar-refractivity contribution is 0.101. The molecule has 140 valence electrons. The topological polar surface area (TPSA) is 51.2 Å². The first-order chi connectivity index (χ1) is 12.8. The fourth-order valence-electron chi connectivity index (χ4n) is 2.74. The molecule has 0 bridgehead atoms.